The first kappa shape index (κ1) is 11.1. The van der Waals surface area contributed by atoms with Crippen LogP contribution in [0.15, 0.2) is 46.1 Å². The van der Waals surface area contributed by atoms with Crippen molar-refractivity contribution in [2.75, 3.05) is 0 Å². The van der Waals surface area contributed by atoms with Crippen LogP contribution in [0.3, 0.4) is 0 Å². The molecule has 0 aliphatic carbocycles. The van der Waals surface area contributed by atoms with Crippen molar-refractivity contribution < 1.29 is 9.34 Å². The minimum absolute atomic E-state index is 0.0415. The predicted octanol–water partition coefficient (Wildman–Crippen LogP) is 2.90. The van der Waals surface area contributed by atoms with Gasteiger partial charge < -0.3 is 4.42 Å². The highest BCUT2D eigenvalue weighted by Gasteiger charge is 2.20. The van der Waals surface area contributed by atoms with Gasteiger partial charge in [-0.05, 0) is 23.4 Å². The Labute approximate surface area is 105 Å². The van der Waals surface area contributed by atoms with E-state index in [9.17, 15) is 15.0 Å². The molecule has 0 atom stereocenters. The number of hydrogen-bond donors (Lipinski definition) is 0. The summed E-state index contributed by atoms with van der Waals surface area (Å²) in [7, 11) is 0. The summed E-state index contributed by atoms with van der Waals surface area (Å²) in [6.07, 6.45) is 1.62. The van der Waals surface area contributed by atoms with Gasteiger partial charge in [-0.25, -0.2) is 4.98 Å². The van der Waals surface area contributed by atoms with E-state index in [1.54, 1.807) is 24.4 Å². The van der Waals surface area contributed by atoms with Crippen molar-refractivity contribution in [3.63, 3.8) is 0 Å². The molecule has 0 saturated carbocycles. The Morgan fingerprint density at radius 3 is 2.84 bits per heavy atom. The molecule has 94 valence electrons. The number of pyridine rings is 1. The average molecular weight is 258 g/mol. The molecule has 3 aromatic rings. The topological polar surface area (TPSA) is 103 Å². The van der Waals surface area contributed by atoms with Crippen molar-refractivity contribution in [2.24, 2.45) is 5.18 Å². The van der Waals surface area contributed by atoms with Crippen molar-refractivity contribution in [3.8, 4) is 11.5 Å². The molecule has 0 unspecified atom stereocenters. The van der Waals surface area contributed by atoms with E-state index in [4.69, 9.17) is 4.42 Å². The molecule has 0 amide bonds. The molecule has 0 radical (unpaired) electrons. The lowest BCUT2D eigenvalue weighted by molar-refractivity contribution is -0.401. The maximum Gasteiger partial charge on any atom is 0.433 e. The number of imidazole rings is 1. The lowest BCUT2D eigenvalue weighted by Gasteiger charge is -1.92. The van der Waals surface area contributed by atoms with Gasteiger partial charge in [0.05, 0.1) is 6.07 Å². The molecule has 0 aliphatic heterocycles. The Balaban J connectivity index is 2.23. The molecule has 0 fully saturated rings. The van der Waals surface area contributed by atoms with E-state index in [1.807, 2.05) is 0 Å². The zero-order chi connectivity index (χ0) is 13.4. The van der Waals surface area contributed by atoms with E-state index in [0.717, 1.165) is 0 Å². The molecule has 3 heterocycles. The number of nitro groups is 1. The summed E-state index contributed by atoms with van der Waals surface area (Å²) in [4.78, 5) is 25.0. The normalized spacial score (nSPS) is 10.7. The van der Waals surface area contributed by atoms with Crippen LogP contribution in [0.5, 0.6) is 0 Å². The Kier molecular flexibility index (Phi) is 2.34. The van der Waals surface area contributed by atoms with Gasteiger partial charge in [0.2, 0.25) is 5.82 Å². The molecular weight excluding hydrogens is 252 g/mol. The number of nitroso groups, excluding NO2 is 1. The highest BCUT2D eigenvalue weighted by molar-refractivity contribution is 5.71. The van der Waals surface area contributed by atoms with Gasteiger partial charge in [0.1, 0.15) is 10.6 Å². The molecule has 8 nitrogen and oxygen atoms in total. The molecule has 0 aromatic carbocycles. The van der Waals surface area contributed by atoms with E-state index in [0.29, 0.717) is 5.65 Å². The van der Waals surface area contributed by atoms with Crippen LogP contribution in [-0.2, 0) is 0 Å². The molecule has 3 rings (SSSR count). The van der Waals surface area contributed by atoms with Gasteiger partial charge in [0.25, 0.3) is 0 Å². The lowest BCUT2D eigenvalue weighted by Crippen LogP contribution is -1.82. The van der Waals surface area contributed by atoms with Crippen LogP contribution in [-0.4, -0.2) is 14.3 Å². The number of fused-ring (bicyclic) bond motifs is 1. The number of aromatic nitrogens is 2. The Morgan fingerprint density at radius 1 is 1.32 bits per heavy atom. The van der Waals surface area contributed by atoms with Crippen LogP contribution >= 0.6 is 0 Å². The maximum atomic E-state index is 10.9. The van der Waals surface area contributed by atoms with Gasteiger partial charge in [-0.3, -0.25) is 14.5 Å². The third-order valence-electron chi connectivity index (χ3n) is 2.60. The minimum Gasteiger partial charge on any atom is -0.399 e. The first-order valence-electron chi connectivity index (χ1n) is 5.26. The molecule has 0 saturated heterocycles. The van der Waals surface area contributed by atoms with Crippen molar-refractivity contribution in [1.29, 1.82) is 0 Å². The molecule has 0 aliphatic rings. The molecule has 3 aromatic heterocycles. The Morgan fingerprint density at radius 2 is 2.16 bits per heavy atom. The second kappa shape index (κ2) is 4.02. The molecule has 19 heavy (non-hydrogen) atoms. The van der Waals surface area contributed by atoms with Gasteiger partial charge in [-0.2, -0.15) is 0 Å². The van der Waals surface area contributed by atoms with Crippen LogP contribution in [0.2, 0.25) is 0 Å². The van der Waals surface area contributed by atoms with Crippen molar-refractivity contribution >= 4 is 17.3 Å². The summed E-state index contributed by atoms with van der Waals surface area (Å²) >= 11 is 0. The van der Waals surface area contributed by atoms with Gasteiger partial charge >= 0.3 is 5.88 Å². The van der Waals surface area contributed by atoms with Crippen molar-refractivity contribution in [1.82, 2.24) is 9.38 Å². The summed E-state index contributed by atoms with van der Waals surface area (Å²) in [6.45, 7) is 0. The highest BCUT2D eigenvalue weighted by Crippen LogP contribution is 2.33. The van der Waals surface area contributed by atoms with E-state index < -0.39 is 10.8 Å². The predicted molar refractivity (Wildman–Crippen MR) is 65.0 cm³/mol. The zero-order valence-corrected chi connectivity index (χ0v) is 9.39. The van der Waals surface area contributed by atoms with Crippen LogP contribution in [0.1, 0.15) is 0 Å². The van der Waals surface area contributed by atoms with E-state index in [-0.39, 0.29) is 17.3 Å². The van der Waals surface area contributed by atoms with Gasteiger partial charge in [-0.15, -0.1) is 4.91 Å². The maximum absolute atomic E-state index is 10.9. The van der Waals surface area contributed by atoms with Crippen molar-refractivity contribution in [3.05, 3.63) is 51.6 Å². The standard InChI is InChI=1S/C11H6N4O4/c16-13-11-10(7-4-5-9(19-7)15(17)18)12-8-3-1-2-6-14(8)11/h1-6H. The largest absolute Gasteiger partial charge is 0.433 e. The second-order valence-corrected chi connectivity index (χ2v) is 3.70. The summed E-state index contributed by atoms with van der Waals surface area (Å²) in [5, 5.41) is 13.5. The molecule has 0 N–H and O–H groups in total. The van der Waals surface area contributed by atoms with E-state index in [2.05, 4.69) is 10.2 Å². The first-order valence-corrected chi connectivity index (χ1v) is 5.26. The lowest BCUT2D eigenvalue weighted by atomic mass is 10.3. The van der Waals surface area contributed by atoms with Crippen LogP contribution in [0, 0.1) is 15.0 Å². The summed E-state index contributed by atoms with van der Waals surface area (Å²) in [5.74, 6) is -0.242. The smallest absolute Gasteiger partial charge is 0.399 e. The van der Waals surface area contributed by atoms with Gasteiger partial charge in [0, 0.05) is 6.20 Å². The number of rotatable bonds is 3. The van der Waals surface area contributed by atoms with Crippen LogP contribution < -0.4 is 0 Å². The van der Waals surface area contributed by atoms with Gasteiger partial charge in [0.15, 0.2) is 11.5 Å². The van der Waals surface area contributed by atoms with Gasteiger partial charge in [-0.1, -0.05) is 6.07 Å². The quantitative estimate of drug-likeness (QED) is 0.408. The summed E-state index contributed by atoms with van der Waals surface area (Å²) in [5.41, 5.74) is 0.681. The monoisotopic (exact) mass is 258 g/mol. The summed E-state index contributed by atoms with van der Waals surface area (Å²) < 4.78 is 6.51. The molecule has 0 spiro atoms. The fourth-order valence-corrected chi connectivity index (χ4v) is 1.79. The SMILES string of the molecule is O=Nc1c(-c2ccc([N+](=O)[O-])o2)nc2ccccn12. The van der Waals surface area contributed by atoms with E-state index >= 15 is 0 Å². The second-order valence-electron chi connectivity index (χ2n) is 3.70. The fourth-order valence-electron chi connectivity index (χ4n) is 1.79. The van der Waals surface area contributed by atoms with Crippen molar-refractivity contribution in [2.45, 2.75) is 0 Å². The number of furan rings is 1. The van der Waals surface area contributed by atoms with Crippen LogP contribution in [0.25, 0.3) is 17.1 Å². The average Bonchev–Trinajstić information content (AvgIpc) is 3.02. The molecule has 0 bridgehead atoms. The third kappa shape index (κ3) is 1.66. The third-order valence-corrected chi connectivity index (χ3v) is 2.60. The number of nitrogens with zero attached hydrogens (tertiary/aromatic N) is 4. The number of hydrogen-bond acceptors (Lipinski definition) is 6. The fraction of sp³-hybridized carbons (Fsp3) is 0. The Bertz CT molecular complexity index is 789. The van der Waals surface area contributed by atoms with Crippen LogP contribution in [0.4, 0.5) is 11.7 Å². The first-order chi connectivity index (χ1) is 9.20. The van der Waals surface area contributed by atoms with E-state index in [1.165, 1.54) is 16.5 Å². The minimum atomic E-state index is -0.659. The Hall–Kier alpha value is -3.03. The highest BCUT2D eigenvalue weighted by atomic mass is 16.6. The summed E-state index contributed by atoms with van der Waals surface area (Å²) in [6, 6.07) is 7.75. The molecule has 8 heteroatoms. The zero-order valence-electron chi connectivity index (χ0n) is 9.39. The molecular formula is C11H6N4O4.